The second-order valence-electron chi connectivity index (χ2n) is 3.37. The number of aliphatic hydroxyl groups is 1. The minimum absolute atomic E-state index is 0.767. The molecule has 1 nitrogen and oxygen atoms in total. The van der Waals surface area contributed by atoms with E-state index in [-0.39, 0.29) is 0 Å². The van der Waals surface area contributed by atoms with E-state index in [2.05, 4.69) is 26.5 Å². The molecule has 0 amide bonds. The molecule has 1 rings (SSSR count). The summed E-state index contributed by atoms with van der Waals surface area (Å²) in [4.78, 5) is 0. The van der Waals surface area contributed by atoms with Crippen LogP contribution < -0.4 is 0 Å². The molecule has 0 bridgehead atoms. The molecule has 12 heavy (non-hydrogen) atoms. The smallest absolute Gasteiger partial charge is 0.0319 e. The summed E-state index contributed by atoms with van der Waals surface area (Å²) in [7, 11) is 1.00. The van der Waals surface area contributed by atoms with Crippen LogP contribution in [-0.2, 0) is 0 Å². The highest BCUT2D eigenvalue weighted by molar-refractivity contribution is 5.09. The molecule has 0 saturated carbocycles. The largest absolute Gasteiger partial charge is 0.400 e. The van der Waals surface area contributed by atoms with Crippen LogP contribution in [0.2, 0.25) is 0 Å². The molecular formula is C11H20O. The topological polar surface area (TPSA) is 20.2 Å². The summed E-state index contributed by atoms with van der Waals surface area (Å²) in [5.41, 5.74) is 2.90. The number of hydrogen-bond acceptors (Lipinski definition) is 1. The maximum atomic E-state index is 7.00. The van der Waals surface area contributed by atoms with E-state index < -0.39 is 0 Å². The Morgan fingerprint density at radius 3 is 2.50 bits per heavy atom. The number of hydrogen-bond donors (Lipinski definition) is 1. The van der Waals surface area contributed by atoms with E-state index >= 15 is 0 Å². The van der Waals surface area contributed by atoms with Gasteiger partial charge in [0.25, 0.3) is 0 Å². The van der Waals surface area contributed by atoms with E-state index in [0.29, 0.717) is 0 Å². The lowest BCUT2D eigenvalue weighted by Gasteiger charge is -2.19. The Morgan fingerprint density at radius 2 is 2.17 bits per heavy atom. The van der Waals surface area contributed by atoms with Crippen molar-refractivity contribution in [2.24, 2.45) is 5.92 Å². The predicted molar refractivity (Wildman–Crippen MR) is 54.1 cm³/mol. The lowest BCUT2D eigenvalue weighted by molar-refractivity contribution is 0.399. The summed E-state index contributed by atoms with van der Waals surface area (Å²) in [5.74, 6) is 0.767. The Labute approximate surface area is 75.8 Å². The van der Waals surface area contributed by atoms with Crippen LogP contribution in [-0.4, -0.2) is 12.2 Å². The summed E-state index contributed by atoms with van der Waals surface area (Å²) in [6.45, 7) is 8.33. The number of allylic oxidation sites excluding steroid dienone is 3. The molecule has 0 aromatic carbocycles. The maximum absolute atomic E-state index is 7.00. The van der Waals surface area contributed by atoms with Crippen molar-refractivity contribution in [3.8, 4) is 0 Å². The van der Waals surface area contributed by atoms with Crippen LogP contribution in [0, 0.1) is 5.92 Å². The zero-order valence-electron chi connectivity index (χ0n) is 8.43. The minimum atomic E-state index is 0.767. The summed E-state index contributed by atoms with van der Waals surface area (Å²) < 4.78 is 0. The Hall–Kier alpha value is -0.560. The van der Waals surface area contributed by atoms with E-state index in [1.54, 1.807) is 5.57 Å². The van der Waals surface area contributed by atoms with Crippen LogP contribution in [0.3, 0.4) is 0 Å². The van der Waals surface area contributed by atoms with Crippen LogP contribution in [0.1, 0.15) is 33.1 Å². The van der Waals surface area contributed by atoms with Crippen molar-refractivity contribution in [2.75, 3.05) is 7.11 Å². The summed E-state index contributed by atoms with van der Waals surface area (Å²) in [6.07, 6.45) is 6.17. The van der Waals surface area contributed by atoms with Gasteiger partial charge in [-0.05, 0) is 39.0 Å². The van der Waals surface area contributed by atoms with Gasteiger partial charge in [0.05, 0.1) is 0 Å². The molecule has 1 aliphatic carbocycles. The van der Waals surface area contributed by atoms with Crippen molar-refractivity contribution >= 4 is 0 Å². The molecule has 0 spiro atoms. The van der Waals surface area contributed by atoms with E-state index in [9.17, 15) is 0 Å². The monoisotopic (exact) mass is 168 g/mol. The normalized spacial score (nSPS) is 22.0. The predicted octanol–water partition coefficient (Wildman–Crippen LogP) is 2.92. The van der Waals surface area contributed by atoms with Crippen LogP contribution >= 0.6 is 0 Å². The summed E-state index contributed by atoms with van der Waals surface area (Å²) in [5, 5.41) is 7.00. The van der Waals surface area contributed by atoms with Gasteiger partial charge in [-0.15, -0.1) is 0 Å². The van der Waals surface area contributed by atoms with Crippen LogP contribution in [0.15, 0.2) is 23.8 Å². The highest BCUT2D eigenvalue weighted by Gasteiger charge is 2.11. The highest BCUT2D eigenvalue weighted by atomic mass is 16.2. The van der Waals surface area contributed by atoms with Gasteiger partial charge < -0.3 is 5.11 Å². The van der Waals surface area contributed by atoms with Gasteiger partial charge in [0.2, 0.25) is 0 Å². The van der Waals surface area contributed by atoms with Crippen LogP contribution in [0.4, 0.5) is 0 Å². The first-order valence-electron chi connectivity index (χ1n) is 4.46. The number of rotatable bonds is 1. The molecule has 0 aromatic rings. The maximum Gasteiger partial charge on any atom is 0.0319 e. The van der Waals surface area contributed by atoms with Gasteiger partial charge in [-0.1, -0.05) is 23.8 Å². The van der Waals surface area contributed by atoms with Crippen molar-refractivity contribution in [1.82, 2.24) is 0 Å². The van der Waals surface area contributed by atoms with Gasteiger partial charge in [0.15, 0.2) is 0 Å². The fraction of sp³-hybridized carbons (Fsp3) is 0.636. The van der Waals surface area contributed by atoms with Gasteiger partial charge in [0.1, 0.15) is 0 Å². The molecule has 0 fully saturated rings. The van der Waals surface area contributed by atoms with Crippen molar-refractivity contribution in [3.63, 3.8) is 0 Å². The molecular weight excluding hydrogens is 148 g/mol. The van der Waals surface area contributed by atoms with E-state index in [4.69, 9.17) is 5.11 Å². The zero-order chi connectivity index (χ0) is 9.56. The molecule has 0 saturated heterocycles. The van der Waals surface area contributed by atoms with Crippen molar-refractivity contribution in [1.29, 1.82) is 0 Å². The molecule has 0 radical (unpaired) electrons. The summed E-state index contributed by atoms with van der Waals surface area (Å²) in [6, 6.07) is 0. The second-order valence-corrected chi connectivity index (χ2v) is 3.37. The SMILES string of the molecule is C=C(C)C1CC=C(C)CC1.CO. The Morgan fingerprint density at radius 1 is 1.58 bits per heavy atom. The van der Waals surface area contributed by atoms with Gasteiger partial charge in [-0.3, -0.25) is 0 Å². The molecule has 0 aromatic heterocycles. The van der Waals surface area contributed by atoms with E-state index in [1.807, 2.05) is 0 Å². The molecule has 1 N–H and O–H groups in total. The van der Waals surface area contributed by atoms with Gasteiger partial charge in [0, 0.05) is 7.11 Å². The second kappa shape index (κ2) is 6.01. The first kappa shape index (κ1) is 11.4. The molecule has 70 valence electrons. The molecule has 1 atom stereocenters. The third kappa shape index (κ3) is 3.72. The minimum Gasteiger partial charge on any atom is -0.400 e. The van der Waals surface area contributed by atoms with Gasteiger partial charge in [-0.25, -0.2) is 0 Å². The fourth-order valence-corrected chi connectivity index (χ4v) is 1.41. The zero-order valence-corrected chi connectivity index (χ0v) is 8.43. The standard InChI is InChI=1S/C10H16.CH4O/c1-8(2)10-6-4-9(3)5-7-10;1-2/h4,10H,1,5-7H2,2-3H3;2H,1H3. The third-order valence-electron chi connectivity index (χ3n) is 2.33. The first-order valence-corrected chi connectivity index (χ1v) is 4.46. The quantitative estimate of drug-likeness (QED) is 0.597. The van der Waals surface area contributed by atoms with Crippen molar-refractivity contribution < 1.29 is 5.11 Å². The third-order valence-corrected chi connectivity index (χ3v) is 2.33. The van der Waals surface area contributed by atoms with Crippen molar-refractivity contribution in [3.05, 3.63) is 23.8 Å². The molecule has 0 heterocycles. The highest BCUT2D eigenvalue weighted by Crippen LogP contribution is 2.27. The Bertz CT molecular complexity index is 168. The van der Waals surface area contributed by atoms with Crippen LogP contribution in [0.5, 0.6) is 0 Å². The number of aliphatic hydroxyl groups excluding tert-OH is 1. The molecule has 1 unspecified atom stereocenters. The Kier molecular flexibility index (Phi) is 5.73. The molecule has 1 heteroatoms. The first-order chi connectivity index (χ1) is 5.70. The van der Waals surface area contributed by atoms with E-state index in [0.717, 1.165) is 13.0 Å². The van der Waals surface area contributed by atoms with Gasteiger partial charge in [-0.2, -0.15) is 0 Å². The fourth-order valence-electron chi connectivity index (χ4n) is 1.41. The van der Waals surface area contributed by atoms with E-state index in [1.165, 1.54) is 24.8 Å². The lowest BCUT2D eigenvalue weighted by atomic mass is 9.86. The molecule has 0 aliphatic heterocycles. The van der Waals surface area contributed by atoms with Gasteiger partial charge >= 0.3 is 0 Å². The van der Waals surface area contributed by atoms with Crippen molar-refractivity contribution in [2.45, 2.75) is 33.1 Å². The average molecular weight is 168 g/mol. The summed E-state index contributed by atoms with van der Waals surface area (Å²) >= 11 is 0. The Balaban J connectivity index is 0.000000561. The average Bonchev–Trinajstić information content (AvgIpc) is 2.09. The van der Waals surface area contributed by atoms with Crippen LogP contribution in [0.25, 0.3) is 0 Å². The lowest BCUT2D eigenvalue weighted by Crippen LogP contribution is -2.04. The molecule has 1 aliphatic rings.